The van der Waals surface area contributed by atoms with Crippen molar-refractivity contribution in [1.82, 2.24) is 9.47 Å². The van der Waals surface area contributed by atoms with Crippen molar-refractivity contribution in [2.75, 3.05) is 25.5 Å². The van der Waals surface area contributed by atoms with Crippen molar-refractivity contribution in [3.8, 4) is 0 Å². The molecule has 0 aromatic carbocycles. The van der Waals surface area contributed by atoms with Crippen molar-refractivity contribution in [2.24, 2.45) is 0 Å². The largest absolute Gasteiger partial charge is 0.444 e. The number of ether oxygens (including phenoxy) is 1. The molecule has 7 heteroatoms. The fourth-order valence-electron chi connectivity index (χ4n) is 2.64. The molecule has 1 aromatic rings. The zero-order valence-electron chi connectivity index (χ0n) is 14.0. The molecular formula is C16H24FN3O3. The maximum Gasteiger partial charge on any atom is 0.412 e. The molecule has 1 saturated heterocycles. The van der Waals surface area contributed by atoms with Gasteiger partial charge in [-0.05, 0) is 46.4 Å². The van der Waals surface area contributed by atoms with Crippen LogP contribution in [0.2, 0.25) is 0 Å². The highest BCUT2D eigenvalue weighted by Gasteiger charge is 2.30. The van der Waals surface area contributed by atoms with Crippen molar-refractivity contribution in [3.05, 3.63) is 28.7 Å². The highest BCUT2D eigenvalue weighted by molar-refractivity contribution is 5.84. The van der Waals surface area contributed by atoms with Gasteiger partial charge in [0.1, 0.15) is 17.5 Å². The molecule has 1 aliphatic rings. The number of halogens is 1. The number of hydrogen-bond acceptors (Lipinski definition) is 4. The van der Waals surface area contributed by atoms with E-state index in [0.29, 0.717) is 13.0 Å². The van der Waals surface area contributed by atoms with E-state index >= 15 is 0 Å². The van der Waals surface area contributed by atoms with E-state index in [2.05, 4.69) is 5.32 Å². The Morgan fingerprint density at radius 3 is 2.74 bits per heavy atom. The number of nitrogens with one attached hydrogen (secondary N) is 1. The molecule has 128 valence electrons. The topological polar surface area (TPSA) is 63.6 Å². The molecule has 1 aromatic heterocycles. The SMILES string of the molecule is CN1CC[C@@H](n2cccc(NC(=O)OC(C)(C)C)c2=O)[C@@H](F)C1. The summed E-state index contributed by atoms with van der Waals surface area (Å²) in [6.07, 6.45) is 0.286. The van der Waals surface area contributed by atoms with Crippen molar-refractivity contribution in [3.63, 3.8) is 0 Å². The predicted molar refractivity (Wildman–Crippen MR) is 86.6 cm³/mol. The Morgan fingerprint density at radius 2 is 2.13 bits per heavy atom. The monoisotopic (exact) mass is 325 g/mol. The molecule has 2 heterocycles. The quantitative estimate of drug-likeness (QED) is 0.907. The lowest BCUT2D eigenvalue weighted by atomic mass is 10.0. The van der Waals surface area contributed by atoms with Crippen molar-refractivity contribution < 1.29 is 13.9 Å². The standard InChI is InChI=1S/C16H24FN3O3/c1-16(2,3)23-15(22)18-12-6-5-8-20(14(12)21)13-7-9-19(4)10-11(13)17/h5-6,8,11,13H,7,9-10H2,1-4H3,(H,18,22)/t11-,13+/m0/s1. The summed E-state index contributed by atoms with van der Waals surface area (Å²) >= 11 is 0. The Labute approximate surface area is 135 Å². The number of anilines is 1. The third-order valence-electron chi connectivity index (χ3n) is 3.68. The third-order valence-corrected chi connectivity index (χ3v) is 3.68. The normalized spacial score (nSPS) is 22.7. The second-order valence-corrected chi connectivity index (χ2v) is 6.90. The van der Waals surface area contributed by atoms with Crippen LogP contribution < -0.4 is 10.9 Å². The number of hydrogen-bond donors (Lipinski definition) is 1. The number of amides is 1. The van der Waals surface area contributed by atoms with Gasteiger partial charge in [-0.15, -0.1) is 0 Å². The summed E-state index contributed by atoms with van der Waals surface area (Å²) in [5.41, 5.74) is -0.987. The van der Waals surface area contributed by atoms with Crippen LogP contribution >= 0.6 is 0 Å². The maximum absolute atomic E-state index is 14.3. The smallest absolute Gasteiger partial charge is 0.412 e. The molecule has 0 spiro atoms. The molecule has 2 rings (SSSR count). The van der Waals surface area contributed by atoms with Gasteiger partial charge in [0.05, 0.1) is 6.04 Å². The fraction of sp³-hybridized carbons (Fsp3) is 0.625. The molecule has 0 saturated carbocycles. The first-order valence-electron chi connectivity index (χ1n) is 7.71. The Kier molecular flexibility index (Phi) is 5.09. The molecule has 23 heavy (non-hydrogen) atoms. The molecule has 0 radical (unpaired) electrons. The minimum atomic E-state index is -1.12. The minimum absolute atomic E-state index is 0.0906. The predicted octanol–water partition coefficient (Wildman–Crippen LogP) is 2.41. The summed E-state index contributed by atoms with van der Waals surface area (Å²) in [7, 11) is 1.85. The number of aromatic nitrogens is 1. The van der Waals surface area contributed by atoms with Crippen LogP contribution in [0.4, 0.5) is 14.9 Å². The number of pyridine rings is 1. The first-order chi connectivity index (χ1) is 10.7. The van der Waals surface area contributed by atoms with E-state index in [-0.39, 0.29) is 5.69 Å². The maximum atomic E-state index is 14.3. The highest BCUT2D eigenvalue weighted by Crippen LogP contribution is 2.23. The number of piperidine rings is 1. The Hall–Kier alpha value is -1.89. The van der Waals surface area contributed by atoms with Gasteiger partial charge in [0.25, 0.3) is 5.56 Å². The van der Waals surface area contributed by atoms with E-state index < -0.39 is 29.5 Å². The van der Waals surface area contributed by atoms with Gasteiger partial charge >= 0.3 is 6.09 Å². The average Bonchev–Trinajstić information content (AvgIpc) is 2.40. The summed E-state index contributed by atoms with van der Waals surface area (Å²) in [5.74, 6) is 0. The third kappa shape index (κ3) is 4.54. The summed E-state index contributed by atoms with van der Waals surface area (Å²) in [6, 6.07) is 2.60. The van der Waals surface area contributed by atoms with Crippen LogP contribution in [0.5, 0.6) is 0 Å². The number of carbonyl (C=O) groups is 1. The van der Waals surface area contributed by atoms with Crippen LogP contribution in [0.3, 0.4) is 0 Å². The molecule has 6 nitrogen and oxygen atoms in total. The average molecular weight is 325 g/mol. The lowest BCUT2D eigenvalue weighted by molar-refractivity contribution is 0.0635. The van der Waals surface area contributed by atoms with E-state index in [4.69, 9.17) is 4.74 Å². The number of nitrogens with zero attached hydrogens (tertiary/aromatic N) is 2. The molecule has 0 unspecified atom stereocenters. The fourth-order valence-corrected chi connectivity index (χ4v) is 2.64. The molecule has 1 N–H and O–H groups in total. The van der Waals surface area contributed by atoms with Gasteiger partial charge in [-0.2, -0.15) is 0 Å². The Bertz CT molecular complexity index is 624. The lowest BCUT2D eigenvalue weighted by Gasteiger charge is -2.33. The molecule has 0 aliphatic carbocycles. The van der Waals surface area contributed by atoms with Gasteiger partial charge in [-0.3, -0.25) is 10.1 Å². The molecule has 0 bridgehead atoms. The lowest BCUT2D eigenvalue weighted by Crippen LogP contribution is -2.43. The van der Waals surface area contributed by atoms with E-state index in [9.17, 15) is 14.0 Å². The van der Waals surface area contributed by atoms with E-state index in [1.54, 1.807) is 33.0 Å². The first-order valence-corrected chi connectivity index (χ1v) is 7.71. The molecular weight excluding hydrogens is 301 g/mol. The van der Waals surface area contributed by atoms with Gasteiger partial charge in [0, 0.05) is 19.3 Å². The number of rotatable bonds is 2. The molecule has 1 amide bonds. The second kappa shape index (κ2) is 6.70. The van der Waals surface area contributed by atoms with Crippen molar-refractivity contribution in [2.45, 2.75) is 45.0 Å². The van der Waals surface area contributed by atoms with Gasteiger partial charge in [0.2, 0.25) is 0 Å². The summed E-state index contributed by atoms with van der Waals surface area (Å²) < 4.78 is 20.8. The minimum Gasteiger partial charge on any atom is -0.444 e. The number of carbonyl (C=O) groups excluding carboxylic acids is 1. The Balaban J connectivity index is 2.18. The van der Waals surface area contributed by atoms with Crippen LogP contribution in [-0.2, 0) is 4.74 Å². The van der Waals surface area contributed by atoms with Gasteiger partial charge < -0.3 is 14.2 Å². The summed E-state index contributed by atoms with van der Waals surface area (Å²) in [4.78, 5) is 26.2. The van der Waals surface area contributed by atoms with E-state index in [1.807, 2.05) is 11.9 Å². The second-order valence-electron chi connectivity index (χ2n) is 6.90. The van der Waals surface area contributed by atoms with Crippen molar-refractivity contribution in [1.29, 1.82) is 0 Å². The zero-order valence-corrected chi connectivity index (χ0v) is 14.0. The van der Waals surface area contributed by atoms with Crippen LogP contribution in [0, 0.1) is 0 Å². The first kappa shape index (κ1) is 17.5. The van der Waals surface area contributed by atoms with E-state index in [1.165, 1.54) is 10.6 Å². The van der Waals surface area contributed by atoms with Crippen molar-refractivity contribution >= 4 is 11.8 Å². The van der Waals surface area contributed by atoms with Crippen LogP contribution in [0.15, 0.2) is 23.1 Å². The molecule has 1 fully saturated rings. The number of alkyl halides is 1. The highest BCUT2D eigenvalue weighted by atomic mass is 19.1. The van der Waals surface area contributed by atoms with Crippen LogP contribution in [0.1, 0.15) is 33.2 Å². The van der Waals surface area contributed by atoms with E-state index in [0.717, 1.165) is 6.54 Å². The van der Waals surface area contributed by atoms with Gasteiger partial charge in [-0.25, -0.2) is 9.18 Å². The molecule has 2 atom stereocenters. The zero-order chi connectivity index (χ0) is 17.2. The van der Waals surface area contributed by atoms with Crippen LogP contribution in [0.25, 0.3) is 0 Å². The summed E-state index contributed by atoms with van der Waals surface area (Å²) in [5, 5.41) is 2.44. The Morgan fingerprint density at radius 1 is 1.43 bits per heavy atom. The van der Waals surface area contributed by atoms with Crippen LogP contribution in [-0.4, -0.2) is 47.5 Å². The van der Waals surface area contributed by atoms with Gasteiger partial charge in [-0.1, -0.05) is 0 Å². The summed E-state index contributed by atoms with van der Waals surface area (Å²) in [6.45, 7) is 6.23. The van der Waals surface area contributed by atoms with Gasteiger partial charge in [0.15, 0.2) is 0 Å². The number of likely N-dealkylation sites (tertiary alicyclic amines) is 1. The molecule has 1 aliphatic heterocycles.